The maximum atomic E-state index is 9.24. The largest absolute Gasteiger partial charge is 0.494 e. The molecule has 0 aliphatic rings. The van der Waals surface area contributed by atoms with Crippen molar-refractivity contribution in [2.24, 2.45) is 0 Å². The molecule has 3 rings (SSSR count). The topological polar surface area (TPSA) is 76.9 Å². The second kappa shape index (κ2) is 5.54. The Morgan fingerprint density at radius 1 is 1.41 bits per heavy atom. The van der Waals surface area contributed by atoms with Gasteiger partial charge in [0, 0.05) is 11.1 Å². The van der Waals surface area contributed by atoms with E-state index in [0.29, 0.717) is 27.9 Å². The van der Waals surface area contributed by atoms with E-state index in [4.69, 9.17) is 20.8 Å². The Morgan fingerprint density at radius 3 is 2.86 bits per heavy atom. The summed E-state index contributed by atoms with van der Waals surface area (Å²) < 4.78 is 12.3. The van der Waals surface area contributed by atoms with Crippen molar-refractivity contribution in [2.75, 3.05) is 7.11 Å². The van der Waals surface area contributed by atoms with Gasteiger partial charge in [0.15, 0.2) is 11.5 Å². The third-order valence-corrected chi connectivity index (χ3v) is 3.63. The van der Waals surface area contributed by atoms with E-state index in [1.807, 2.05) is 19.1 Å². The van der Waals surface area contributed by atoms with Crippen LogP contribution in [0.4, 0.5) is 0 Å². The molecule has 0 unspecified atom stereocenters. The second-order valence-electron chi connectivity index (χ2n) is 4.56. The molecule has 0 N–H and O–H groups in total. The highest BCUT2D eigenvalue weighted by Gasteiger charge is 2.21. The fourth-order valence-electron chi connectivity index (χ4n) is 2.14. The fourth-order valence-corrected chi connectivity index (χ4v) is 2.29. The van der Waals surface area contributed by atoms with Crippen LogP contribution < -0.4 is 4.74 Å². The van der Waals surface area contributed by atoms with Crippen LogP contribution in [0.2, 0.25) is 5.02 Å². The Balaban J connectivity index is 2.29. The number of nitrogens with zero attached hydrogens (tertiary/aromatic N) is 4. The summed E-state index contributed by atoms with van der Waals surface area (Å²) in [6.07, 6.45) is 1.53. The van der Waals surface area contributed by atoms with Crippen LogP contribution in [-0.2, 0) is 0 Å². The first-order chi connectivity index (χ1) is 10.7. The molecule has 0 aliphatic heterocycles. The number of furan rings is 1. The van der Waals surface area contributed by atoms with Gasteiger partial charge in [-0.2, -0.15) is 5.26 Å². The van der Waals surface area contributed by atoms with Crippen molar-refractivity contribution in [1.29, 1.82) is 5.26 Å². The molecule has 3 aromatic rings. The summed E-state index contributed by atoms with van der Waals surface area (Å²) in [5.41, 5.74) is 2.12. The Bertz CT molecular complexity index is 863. The van der Waals surface area contributed by atoms with Gasteiger partial charge < -0.3 is 9.15 Å². The van der Waals surface area contributed by atoms with Crippen LogP contribution in [0.3, 0.4) is 0 Å². The summed E-state index contributed by atoms with van der Waals surface area (Å²) in [7, 11) is 1.54. The van der Waals surface area contributed by atoms with Gasteiger partial charge in [-0.15, -0.1) is 5.10 Å². The molecule has 2 heterocycles. The number of hydrogen-bond donors (Lipinski definition) is 0. The van der Waals surface area contributed by atoms with Gasteiger partial charge in [0.25, 0.3) is 0 Å². The number of nitriles is 1. The van der Waals surface area contributed by atoms with Gasteiger partial charge in [-0.25, -0.2) is 4.68 Å². The molecule has 0 aliphatic carbocycles. The predicted octanol–water partition coefficient (Wildman–Crippen LogP) is 3.37. The smallest absolute Gasteiger partial charge is 0.194 e. The fraction of sp³-hybridized carbons (Fsp3) is 0.133. The van der Waals surface area contributed by atoms with E-state index >= 15 is 0 Å². The summed E-state index contributed by atoms with van der Waals surface area (Å²) >= 11 is 6.13. The minimum atomic E-state index is 0.171. The van der Waals surface area contributed by atoms with Crippen molar-refractivity contribution in [1.82, 2.24) is 15.0 Å². The monoisotopic (exact) mass is 314 g/mol. The third kappa shape index (κ3) is 2.22. The predicted molar refractivity (Wildman–Crippen MR) is 80.1 cm³/mol. The highest BCUT2D eigenvalue weighted by atomic mass is 35.5. The van der Waals surface area contributed by atoms with Crippen LogP contribution in [-0.4, -0.2) is 22.1 Å². The minimum Gasteiger partial charge on any atom is -0.494 e. The second-order valence-corrected chi connectivity index (χ2v) is 4.97. The molecule has 0 bridgehead atoms. The number of benzene rings is 1. The zero-order valence-electron chi connectivity index (χ0n) is 11.9. The van der Waals surface area contributed by atoms with Gasteiger partial charge in [0.2, 0.25) is 0 Å². The minimum absolute atomic E-state index is 0.171. The van der Waals surface area contributed by atoms with Crippen LogP contribution in [0.1, 0.15) is 11.3 Å². The summed E-state index contributed by atoms with van der Waals surface area (Å²) in [6, 6.07) is 9.01. The van der Waals surface area contributed by atoms with E-state index in [1.54, 1.807) is 25.3 Å². The highest BCUT2D eigenvalue weighted by Crippen LogP contribution is 2.33. The Kier molecular flexibility index (Phi) is 3.57. The summed E-state index contributed by atoms with van der Waals surface area (Å²) in [5.74, 6) is 1.02. The Morgan fingerprint density at radius 2 is 2.23 bits per heavy atom. The highest BCUT2D eigenvalue weighted by molar-refractivity contribution is 6.31. The number of rotatable bonds is 3. The van der Waals surface area contributed by atoms with E-state index in [2.05, 4.69) is 10.3 Å². The zero-order chi connectivity index (χ0) is 15.7. The molecule has 0 radical (unpaired) electrons. The van der Waals surface area contributed by atoms with Crippen molar-refractivity contribution < 1.29 is 9.15 Å². The first-order valence-corrected chi connectivity index (χ1v) is 6.77. The van der Waals surface area contributed by atoms with Crippen molar-refractivity contribution in [3.05, 3.63) is 46.8 Å². The Labute approximate surface area is 131 Å². The van der Waals surface area contributed by atoms with Crippen LogP contribution in [0.25, 0.3) is 17.1 Å². The van der Waals surface area contributed by atoms with E-state index in [9.17, 15) is 5.26 Å². The zero-order valence-corrected chi connectivity index (χ0v) is 12.6. The summed E-state index contributed by atoms with van der Waals surface area (Å²) in [4.78, 5) is 0. The third-order valence-electron chi connectivity index (χ3n) is 3.22. The van der Waals surface area contributed by atoms with Gasteiger partial charge in [-0.05, 0) is 30.7 Å². The molecule has 22 heavy (non-hydrogen) atoms. The number of methoxy groups -OCH3 is 1. The standard InChI is InChI=1S/C15H11ClN4O2/c1-9-6-12(14(21-2)7-10(9)16)20-15(11(8-17)18-19-20)13-4-3-5-22-13/h3-7H,1-2H3. The average molecular weight is 315 g/mol. The van der Waals surface area contributed by atoms with Crippen molar-refractivity contribution in [3.8, 4) is 29.0 Å². The molecule has 1 aromatic carbocycles. The quantitative estimate of drug-likeness (QED) is 0.740. The molecule has 0 saturated carbocycles. The van der Waals surface area contributed by atoms with Crippen LogP contribution in [0, 0.1) is 18.3 Å². The lowest BCUT2D eigenvalue weighted by Gasteiger charge is -2.12. The molecular formula is C15H11ClN4O2. The molecule has 6 nitrogen and oxygen atoms in total. The van der Waals surface area contributed by atoms with Gasteiger partial charge in [0.1, 0.15) is 23.2 Å². The van der Waals surface area contributed by atoms with Crippen LogP contribution >= 0.6 is 11.6 Å². The summed E-state index contributed by atoms with van der Waals surface area (Å²) in [5, 5.41) is 17.8. The SMILES string of the molecule is COc1cc(Cl)c(C)cc1-n1nnc(C#N)c1-c1ccco1. The van der Waals surface area contributed by atoms with Gasteiger partial charge >= 0.3 is 0 Å². The number of ether oxygens (including phenoxy) is 1. The number of halogens is 1. The molecular weight excluding hydrogens is 304 g/mol. The number of hydrogen-bond acceptors (Lipinski definition) is 5. The lowest BCUT2D eigenvalue weighted by molar-refractivity contribution is 0.411. The van der Waals surface area contributed by atoms with E-state index in [1.165, 1.54) is 10.9 Å². The average Bonchev–Trinajstić information content (AvgIpc) is 3.17. The van der Waals surface area contributed by atoms with Crippen molar-refractivity contribution in [3.63, 3.8) is 0 Å². The lowest BCUT2D eigenvalue weighted by atomic mass is 10.2. The van der Waals surface area contributed by atoms with Crippen molar-refractivity contribution >= 4 is 11.6 Å². The van der Waals surface area contributed by atoms with E-state index in [0.717, 1.165) is 5.56 Å². The normalized spacial score (nSPS) is 10.5. The van der Waals surface area contributed by atoms with E-state index < -0.39 is 0 Å². The van der Waals surface area contributed by atoms with Crippen LogP contribution in [0.15, 0.2) is 34.9 Å². The number of aromatic nitrogens is 3. The molecule has 0 fully saturated rings. The molecule has 110 valence electrons. The first kappa shape index (κ1) is 14.2. The van der Waals surface area contributed by atoms with Gasteiger partial charge in [-0.1, -0.05) is 16.8 Å². The Hall–Kier alpha value is -2.78. The van der Waals surface area contributed by atoms with Crippen LogP contribution in [0.5, 0.6) is 5.75 Å². The van der Waals surface area contributed by atoms with Crippen molar-refractivity contribution in [2.45, 2.75) is 6.92 Å². The molecule has 0 spiro atoms. The number of aryl methyl sites for hydroxylation is 1. The molecule has 0 atom stereocenters. The lowest BCUT2D eigenvalue weighted by Crippen LogP contribution is -2.03. The summed E-state index contributed by atoms with van der Waals surface area (Å²) in [6.45, 7) is 1.87. The first-order valence-electron chi connectivity index (χ1n) is 6.40. The molecule has 0 saturated heterocycles. The molecule has 2 aromatic heterocycles. The molecule has 0 amide bonds. The van der Waals surface area contributed by atoms with E-state index in [-0.39, 0.29) is 5.69 Å². The molecule has 7 heteroatoms. The van der Waals surface area contributed by atoms with Gasteiger partial charge in [0.05, 0.1) is 13.4 Å². The maximum Gasteiger partial charge on any atom is 0.194 e. The maximum absolute atomic E-state index is 9.24. The van der Waals surface area contributed by atoms with Gasteiger partial charge in [-0.3, -0.25) is 0 Å².